The van der Waals surface area contributed by atoms with Crippen molar-refractivity contribution in [1.82, 2.24) is 0 Å². The summed E-state index contributed by atoms with van der Waals surface area (Å²) in [6.07, 6.45) is 0. The molecule has 0 N–H and O–H groups in total. The zero-order chi connectivity index (χ0) is 11.0. The van der Waals surface area contributed by atoms with Gasteiger partial charge in [0.15, 0.2) is 6.71 Å². The van der Waals surface area contributed by atoms with E-state index in [0.29, 0.717) is 6.71 Å². The average Bonchev–Trinajstić information content (AvgIpc) is 2.11. The molecule has 0 amide bonds. The van der Waals surface area contributed by atoms with Crippen LogP contribution >= 0.6 is 0 Å². The van der Waals surface area contributed by atoms with Crippen molar-refractivity contribution >= 4 is 12.2 Å². The SMILES string of the molecule is CB(C)c1c(C)c(C)c(C)c(C)c1C.[V]. The number of benzene rings is 1. The van der Waals surface area contributed by atoms with Crippen LogP contribution in [-0.4, -0.2) is 6.71 Å². The van der Waals surface area contributed by atoms with E-state index in [1.165, 1.54) is 27.8 Å². The van der Waals surface area contributed by atoms with Crippen molar-refractivity contribution in [3.8, 4) is 0 Å². The Hall–Kier alpha value is -0.131. The molecule has 81 valence electrons. The summed E-state index contributed by atoms with van der Waals surface area (Å²) in [7, 11) is 0. The van der Waals surface area contributed by atoms with E-state index in [1.54, 1.807) is 5.46 Å². The zero-order valence-electron chi connectivity index (χ0n) is 11.0. The van der Waals surface area contributed by atoms with Crippen molar-refractivity contribution < 1.29 is 18.6 Å². The molecule has 0 bridgehead atoms. The Balaban J connectivity index is 0.00000196. The molecule has 0 aliphatic rings. The maximum absolute atomic E-state index is 2.28. The molecule has 1 rings (SSSR count). The van der Waals surface area contributed by atoms with Crippen LogP contribution in [-0.2, 0) is 18.6 Å². The van der Waals surface area contributed by atoms with Crippen molar-refractivity contribution in [1.29, 1.82) is 0 Å². The van der Waals surface area contributed by atoms with E-state index in [-0.39, 0.29) is 18.6 Å². The van der Waals surface area contributed by atoms with Crippen LogP contribution in [0.15, 0.2) is 0 Å². The van der Waals surface area contributed by atoms with E-state index >= 15 is 0 Å². The molecule has 15 heavy (non-hydrogen) atoms. The minimum absolute atomic E-state index is 0. The first-order valence-electron chi connectivity index (χ1n) is 5.44. The monoisotopic (exact) mass is 239 g/mol. The first-order valence-corrected chi connectivity index (χ1v) is 5.44. The van der Waals surface area contributed by atoms with E-state index in [4.69, 9.17) is 0 Å². The summed E-state index contributed by atoms with van der Waals surface area (Å²) in [5, 5.41) is 0. The minimum Gasteiger partial charge on any atom is -0.0819 e. The Morgan fingerprint density at radius 1 is 0.600 bits per heavy atom. The van der Waals surface area contributed by atoms with E-state index in [2.05, 4.69) is 48.3 Å². The molecule has 0 atom stereocenters. The second kappa shape index (κ2) is 5.27. The topological polar surface area (TPSA) is 0 Å². The van der Waals surface area contributed by atoms with Crippen LogP contribution < -0.4 is 5.46 Å². The van der Waals surface area contributed by atoms with Crippen LogP contribution in [0.5, 0.6) is 0 Å². The molecule has 0 heterocycles. The van der Waals surface area contributed by atoms with Gasteiger partial charge < -0.3 is 0 Å². The van der Waals surface area contributed by atoms with Gasteiger partial charge in [0, 0.05) is 18.6 Å². The van der Waals surface area contributed by atoms with E-state index in [1.807, 2.05) is 0 Å². The van der Waals surface area contributed by atoms with Gasteiger partial charge in [-0.05, 0) is 51.3 Å². The summed E-state index contributed by atoms with van der Waals surface area (Å²) >= 11 is 0. The van der Waals surface area contributed by atoms with Crippen molar-refractivity contribution in [2.24, 2.45) is 0 Å². The largest absolute Gasteiger partial charge is 0.170 e. The molecular formula is C13H21BV. The van der Waals surface area contributed by atoms with E-state index in [9.17, 15) is 0 Å². The van der Waals surface area contributed by atoms with Crippen LogP contribution in [0, 0.1) is 34.6 Å². The second-order valence-electron chi connectivity index (χ2n) is 4.69. The predicted octanol–water partition coefficient (Wildman–Crippen LogP) is 3.19. The summed E-state index contributed by atoms with van der Waals surface area (Å²) < 4.78 is 0. The quantitative estimate of drug-likeness (QED) is 0.660. The molecule has 0 saturated heterocycles. The molecule has 1 aromatic carbocycles. The van der Waals surface area contributed by atoms with Gasteiger partial charge >= 0.3 is 0 Å². The summed E-state index contributed by atoms with van der Waals surface area (Å²) in [5.41, 5.74) is 8.92. The third-order valence-corrected chi connectivity index (χ3v) is 3.64. The zero-order valence-corrected chi connectivity index (χ0v) is 12.4. The van der Waals surface area contributed by atoms with Crippen LogP contribution in [0.4, 0.5) is 0 Å². The maximum Gasteiger partial charge on any atom is 0.170 e. The second-order valence-corrected chi connectivity index (χ2v) is 4.69. The standard InChI is InChI=1S/C13H21B.V/c1-8-9(2)11(4)13(14(6)7)12(5)10(8)3;/h1-7H3;. The summed E-state index contributed by atoms with van der Waals surface area (Å²) in [6, 6.07) is 0. The molecule has 0 fully saturated rings. The van der Waals surface area contributed by atoms with Crippen LogP contribution in [0.3, 0.4) is 0 Å². The summed E-state index contributed by atoms with van der Waals surface area (Å²) in [5.74, 6) is 0. The molecule has 1 radical (unpaired) electrons. The minimum atomic E-state index is 0. The van der Waals surface area contributed by atoms with Gasteiger partial charge in [0.2, 0.25) is 0 Å². The Bertz CT molecular complexity index is 338. The van der Waals surface area contributed by atoms with Gasteiger partial charge in [0.1, 0.15) is 0 Å². The summed E-state index contributed by atoms with van der Waals surface area (Å²) in [4.78, 5) is 0. The number of hydrogen-bond acceptors (Lipinski definition) is 0. The molecule has 0 nitrogen and oxygen atoms in total. The van der Waals surface area contributed by atoms with Gasteiger partial charge in [-0.25, -0.2) is 0 Å². The van der Waals surface area contributed by atoms with Crippen molar-refractivity contribution in [3.05, 3.63) is 27.8 Å². The fourth-order valence-electron chi connectivity index (χ4n) is 2.40. The van der Waals surface area contributed by atoms with E-state index in [0.717, 1.165) is 0 Å². The molecule has 0 aliphatic carbocycles. The molecule has 0 saturated carbocycles. The van der Waals surface area contributed by atoms with Crippen LogP contribution in [0.2, 0.25) is 13.6 Å². The Kier molecular flexibility index (Phi) is 5.23. The number of rotatable bonds is 1. The molecule has 0 unspecified atom stereocenters. The van der Waals surface area contributed by atoms with Gasteiger partial charge in [-0.2, -0.15) is 0 Å². The van der Waals surface area contributed by atoms with Crippen molar-refractivity contribution in [3.63, 3.8) is 0 Å². The predicted molar refractivity (Wildman–Crippen MR) is 67.2 cm³/mol. The molecule has 2 heteroatoms. The molecule has 1 aromatic rings. The van der Waals surface area contributed by atoms with Crippen LogP contribution in [0.1, 0.15) is 27.8 Å². The van der Waals surface area contributed by atoms with Gasteiger partial charge in [0.05, 0.1) is 0 Å². The van der Waals surface area contributed by atoms with Gasteiger partial charge in [-0.3, -0.25) is 0 Å². The van der Waals surface area contributed by atoms with Gasteiger partial charge in [-0.15, -0.1) is 0 Å². The number of hydrogen-bond donors (Lipinski definition) is 0. The van der Waals surface area contributed by atoms with Gasteiger partial charge in [-0.1, -0.05) is 30.2 Å². The summed E-state index contributed by atoms with van der Waals surface area (Å²) in [6.45, 7) is 16.4. The molecule has 0 aromatic heterocycles. The van der Waals surface area contributed by atoms with Crippen molar-refractivity contribution in [2.75, 3.05) is 0 Å². The molecular weight excluding hydrogens is 218 g/mol. The first-order chi connectivity index (χ1) is 6.37. The van der Waals surface area contributed by atoms with Crippen molar-refractivity contribution in [2.45, 2.75) is 48.3 Å². The van der Waals surface area contributed by atoms with E-state index < -0.39 is 0 Å². The molecule has 0 spiro atoms. The smallest absolute Gasteiger partial charge is 0.0819 e. The maximum atomic E-state index is 2.28. The Morgan fingerprint density at radius 2 is 0.867 bits per heavy atom. The average molecular weight is 239 g/mol. The van der Waals surface area contributed by atoms with Crippen LogP contribution in [0.25, 0.3) is 0 Å². The Labute approximate surface area is 107 Å². The van der Waals surface area contributed by atoms with Gasteiger partial charge in [0.25, 0.3) is 0 Å². The third kappa shape index (κ3) is 2.52. The normalized spacial score (nSPS) is 9.80. The fourth-order valence-corrected chi connectivity index (χ4v) is 2.40. The fraction of sp³-hybridized carbons (Fsp3) is 0.538. The molecule has 0 aliphatic heterocycles. The first kappa shape index (κ1) is 14.9. The third-order valence-electron chi connectivity index (χ3n) is 3.64. The Morgan fingerprint density at radius 3 is 1.13 bits per heavy atom.